The van der Waals surface area contributed by atoms with Crippen molar-refractivity contribution in [2.75, 3.05) is 24.6 Å². The average Bonchev–Trinajstić information content (AvgIpc) is 2.83. The van der Waals surface area contributed by atoms with E-state index in [-0.39, 0.29) is 12.4 Å². The first-order valence-corrected chi connectivity index (χ1v) is 18.6. The van der Waals surface area contributed by atoms with E-state index in [4.69, 9.17) is 0 Å². The molecular weight excluding hydrogens is 451 g/mol. The second-order valence-corrected chi connectivity index (χ2v) is 15.8. The fraction of sp³-hybridized carbons (Fsp3) is 1.00. The van der Waals surface area contributed by atoms with E-state index in [1.165, 1.54) is 128 Å². The van der Waals surface area contributed by atoms with Crippen molar-refractivity contribution in [3.63, 3.8) is 0 Å². The summed E-state index contributed by atoms with van der Waals surface area (Å²) in [5, 5.41) is 0. The molecule has 2 heteroatoms. The molecule has 0 rings (SSSR count). The van der Waals surface area contributed by atoms with Crippen LogP contribution < -0.4 is 12.4 Å². The van der Waals surface area contributed by atoms with Crippen molar-refractivity contribution in [1.29, 1.82) is 0 Å². The van der Waals surface area contributed by atoms with Gasteiger partial charge < -0.3 is 12.4 Å². The third-order valence-corrected chi connectivity index (χ3v) is 13.0. The molecule has 0 heterocycles. The quantitative estimate of drug-likeness (QED) is 0.0714. The molecule has 0 aliphatic heterocycles. The van der Waals surface area contributed by atoms with Gasteiger partial charge in [0.1, 0.15) is 0 Å². The molecule has 0 nitrogen and oxygen atoms in total. The Labute approximate surface area is 225 Å². The van der Waals surface area contributed by atoms with Gasteiger partial charge in [-0.1, -0.05) is 130 Å². The Morgan fingerprint density at radius 3 is 0.676 bits per heavy atom. The maximum atomic E-state index is 2.37. The van der Waals surface area contributed by atoms with Crippen LogP contribution in [0.3, 0.4) is 0 Å². The summed E-state index contributed by atoms with van der Waals surface area (Å²) in [6, 6.07) is 0. The molecule has 0 saturated heterocycles. The predicted molar refractivity (Wildman–Crippen MR) is 160 cm³/mol. The van der Waals surface area contributed by atoms with Gasteiger partial charge in [0.05, 0.1) is 24.6 Å². The fourth-order valence-electron chi connectivity index (χ4n) is 5.58. The van der Waals surface area contributed by atoms with Crippen LogP contribution in [0.4, 0.5) is 0 Å². The molecule has 34 heavy (non-hydrogen) atoms. The molecule has 0 atom stereocenters. The molecule has 0 N–H and O–H groups in total. The van der Waals surface area contributed by atoms with E-state index in [1.807, 2.05) is 0 Å². The first kappa shape index (κ1) is 36.9. The van der Waals surface area contributed by atoms with Crippen LogP contribution in [0.1, 0.15) is 182 Å². The van der Waals surface area contributed by atoms with Gasteiger partial charge in [-0.25, -0.2) is 0 Å². The van der Waals surface area contributed by atoms with Crippen LogP contribution in [0.5, 0.6) is 0 Å². The summed E-state index contributed by atoms with van der Waals surface area (Å²) < 4.78 is 0. The van der Waals surface area contributed by atoms with Crippen molar-refractivity contribution >= 4 is 7.26 Å². The van der Waals surface area contributed by atoms with Gasteiger partial charge in [-0.05, 0) is 51.4 Å². The van der Waals surface area contributed by atoms with Crippen molar-refractivity contribution in [3.8, 4) is 0 Å². The number of unbranched alkanes of at least 4 members (excludes halogenated alkanes) is 20. The summed E-state index contributed by atoms with van der Waals surface area (Å²) in [5.41, 5.74) is 0. The SMILES string of the molecule is CCCCCCCCCC[P+](CCCCCC)(CCCCCC)CCCCCCCCCC.[Cl-]. The van der Waals surface area contributed by atoms with Crippen molar-refractivity contribution in [2.45, 2.75) is 182 Å². The van der Waals surface area contributed by atoms with Crippen LogP contribution in [0.15, 0.2) is 0 Å². The highest BCUT2D eigenvalue weighted by atomic mass is 35.5. The van der Waals surface area contributed by atoms with Crippen LogP contribution in [-0.2, 0) is 0 Å². The van der Waals surface area contributed by atoms with Gasteiger partial charge in [0.15, 0.2) is 0 Å². The zero-order valence-corrected chi connectivity index (χ0v) is 26.3. The molecule has 0 saturated carbocycles. The molecule has 208 valence electrons. The number of hydrogen-bond acceptors (Lipinski definition) is 0. The lowest BCUT2D eigenvalue weighted by Crippen LogP contribution is -3.00. The van der Waals surface area contributed by atoms with Gasteiger partial charge in [-0.2, -0.15) is 0 Å². The molecule has 0 aliphatic rings. The van der Waals surface area contributed by atoms with Crippen molar-refractivity contribution < 1.29 is 12.4 Å². The largest absolute Gasteiger partial charge is 1.00 e. The molecule has 0 bridgehead atoms. The van der Waals surface area contributed by atoms with E-state index in [9.17, 15) is 0 Å². The molecular formula is C32H68ClP. The van der Waals surface area contributed by atoms with Crippen LogP contribution in [0.25, 0.3) is 0 Å². The predicted octanol–water partition coefficient (Wildman–Crippen LogP) is 9.45. The summed E-state index contributed by atoms with van der Waals surface area (Å²) in [7, 11) is -0.709. The van der Waals surface area contributed by atoms with Gasteiger partial charge in [0, 0.05) is 7.26 Å². The molecule has 0 fully saturated rings. The topological polar surface area (TPSA) is 0 Å². The summed E-state index contributed by atoms with van der Waals surface area (Å²) in [6.45, 7) is 9.40. The first-order valence-electron chi connectivity index (χ1n) is 16.1. The number of halogens is 1. The third-order valence-electron chi connectivity index (χ3n) is 7.94. The third kappa shape index (κ3) is 24.4. The second kappa shape index (κ2) is 29.9. The lowest BCUT2D eigenvalue weighted by Gasteiger charge is -2.28. The molecule has 0 aliphatic carbocycles. The maximum Gasteiger partial charge on any atom is 0.0594 e. The monoisotopic (exact) mass is 518 g/mol. The first-order chi connectivity index (χ1) is 16.2. The van der Waals surface area contributed by atoms with E-state index in [0.717, 1.165) is 0 Å². The van der Waals surface area contributed by atoms with Gasteiger partial charge in [0.25, 0.3) is 0 Å². The Bertz CT molecular complexity index is 323. The summed E-state index contributed by atoms with van der Waals surface area (Å²) in [6.07, 6.45) is 42.1. The Hall–Kier alpha value is 0.720. The Kier molecular flexibility index (Phi) is 32.5. The highest BCUT2D eigenvalue weighted by Gasteiger charge is 2.34. The Morgan fingerprint density at radius 2 is 0.441 bits per heavy atom. The molecule has 0 aromatic carbocycles. The average molecular weight is 519 g/mol. The second-order valence-electron chi connectivity index (χ2n) is 11.3. The van der Waals surface area contributed by atoms with Crippen LogP contribution in [0.2, 0.25) is 0 Å². The zero-order chi connectivity index (χ0) is 24.3. The minimum atomic E-state index is -0.709. The van der Waals surface area contributed by atoms with Crippen LogP contribution in [0, 0.1) is 0 Å². The Morgan fingerprint density at radius 1 is 0.265 bits per heavy atom. The summed E-state index contributed by atoms with van der Waals surface area (Å²) in [5.74, 6) is 0. The molecule has 0 amide bonds. The minimum absolute atomic E-state index is 0. The molecule has 0 radical (unpaired) electrons. The van der Waals surface area contributed by atoms with Gasteiger partial charge in [0.2, 0.25) is 0 Å². The van der Waals surface area contributed by atoms with Crippen LogP contribution in [-0.4, -0.2) is 24.6 Å². The molecule has 0 aromatic rings. The molecule has 0 unspecified atom stereocenters. The highest BCUT2D eigenvalue weighted by molar-refractivity contribution is 7.75. The zero-order valence-electron chi connectivity index (χ0n) is 24.6. The fourth-order valence-corrected chi connectivity index (χ4v) is 10.5. The van der Waals surface area contributed by atoms with E-state index < -0.39 is 7.26 Å². The van der Waals surface area contributed by atoms with Crippen molar-refractivity contribution in [3.05, 3.63) is 0 Å². The smallest absolute Gasteiger partial charge is 0.0594 e. The summed E-state index contributed by atoms with van der Waals surface area (Å²) in [4.78, 5) is 0. The standard InChI is InChI=1S/C32H68P.ClH/c1-5-9-13-17-19-21-23-27-31-33(29-25-15-11-7-3,30-26-16-12-8-4)32-28-24-22-20-18-14-10-6-2;/h5-32H2,1-4H3;1H/q+1;/p-1. The van der Waals surface area contributed by atoms with Gasteiger partial charge >= 0.3 is 0 Å². The van der Waals surface area contributed by atoms with E-state index >= 15 is 0 Å². The minimum Gasteiger partial charge on any atom is -1.00 e. The van der Waals surface area contributed by atoms with Gasteiger partial charge in [-0.15, -0.1) is 0 Å². The lowest BCUT2D eigenvalue weighted by molar-refractivity contribution is -0.00000755. The molecule has 0 spiro atoms. The Balaban J connectivity index is 0. The highest BCUT2D eigenvalue weighted by Crippen LogP contribution is 2.61. The van der Waals surface area contributed by atoms with E-state index in [1.54, 1.807) is 50.3 Å². The number of rotatable bonds is 28. The normalized spacial score (nSPS) is 11.6. The van der Waals surface area contributed by atoms with Crippen LogP contribution >= 0.6 is 7.26 Å². The number of hydrogen-bond donors (Lipinski definition) is 0. The van der Waals surface area contributed by atoms with Crippen molar-refractivity contribution in [2.24, 2.45) is 0 Å². The maximum absolute atomic E-state index is 2.37. The lowest BCUT2D eigenvalue weighted by atomic mass is 10.1. The van der Waals surface area contributed by atoms with Gasteiger partial charge in [-0.3, -0.25) is 0 Å². The summed E-state index contributed by atoms with van der Waals surface area (Å²) >= 11 is 0. The van der Waals surface area contributed by atoms with E-state index in [0.29, 0.717) is 0 Å². The van der Waals surface area contributed by atoms with Crippen molar-refractivity contribution in [1.82, 2.24) is 0 Å². The van der Waals surface area contributed by atoms with E-state index in [2.05, 4.69) is 27.7 Å². The molecule has 0 aromatic heterocycles.